The molecule has 0 N–H and O–H groups in total. The molecule has 0 bridgehead atoms. The van der Waals surface area contributed by atoms with Gasteiger partial charge in [-0.25, -0.2) is 9.97 Å². The van der Waals surface area contributed by atoms with Crippen molar-refractivity contribution in [2.24, 2.45) is 0 Å². The van der Waals surface area contributed by atoms with E-state index in [0.717, 1.165) is 0 Å². The summed E-state index contributed by atoms with van der Waals surface area (Å²) >= 11 is 4.84. The summed E-state index contributed by atoms with van der Waals surface area (Å²) in [6.07, 6.45) is -4.89. The quantitative estimate of drug-likeness (QED) is 0.606. The molecule has 1 aromatic rings. The highest BCUT2D eigenvalue weighted by atomic mass is 35.5. The molecule has 16 heavy (non-hydrogen) atoms. The molecule has 1 aromatic heterocycles. The van der Waals surface area contributed by atoms with Gasteiger partial charge in [0.2, 0.25) is 0 Å². The zero-order chi connectivity index (χ0) is 12.6. The second-order valence-corrected chi connectivity index (χ2v) is 2.97. The van der Waals surface area contributed by atoms with Gasteiger partial charge in [0.1, 0.15) is 12.0 Å². The van der Waals surface area contributed by atoms with E-state index in [1.807, 2.05) is 0 Å². The molecule has 0 radical (unpaired) electrons. The van der Waals surface area contributed by atoms with Gasteiger partial charge in [0, 0.05) is 6.20 Å². The van der Waals surface area contributed by atoms with Crippen LogP contribution in [0.3, 0.4) is 0 Å². The zero-order valence-electron chi connectivity index (χ0n) is 7.23. The zero-order valence-corrected chi connectivity index (χ0v) is 7.98. The lowest BCUT2D eigenvalue weighted by Gasteiger charge is -2.19. The number of aromatic nitrogens is 2. The second kappa shape index (κ2) is 3.93. The van der Waals surface area contributed by atoms with Gasteiger partial charge < -0.3 is 0 Å². The molecule has 0 fully saturated rings. The lowest BCUT2D eigenvalue weighted by Crippen LogP contribution is -2.36. The fraction of sp³-hybridized carbons (Fsp3) is 0.286. The van der Waals surface area contributed by atoms with Crippen LogP contribution in [0.15, 0.2) is 12.5 Å². The smallest absolute Gasteiger partial charge is 0.275 e. The SMILES string of the molecule is O=C(Cl)c1cncnc1C(F)(F)C(F)(F)F. The molecule has 0 atom stereocenters. The Kier molecular flexibility index (Phi) is 3.13. The van der Waals surface area contributed by atoms with Crippen LogP contribution in [0.5, 0.6) is 0 Å². The first kappa shape index (κ1) is 12.8. The van der Waals surface area contributed by atoms with Crippen LogP contribution in [0.2, 0.25) is 0 Å². The minimum Gasteiger partial charge on any atom is -0.275 e. The number of hydrogen-bond donors (Lipinski definition) is 0. The standard InChI is InChI=1S/C7H2ClF5N2O/c8-5(16)3-1-14-2-15-4(3)6(9,10)7(11,12)13/h1-2H. The fourth-order valence-electron chi connectivity index (χ4n) is 0.858. The molecular weight excluding hydrogens is 259 g/mol. The van der Waals surface area contributed by atoms with Crippen LogP contribution < -0.4 is 0 Å². The number of nitrogens with zero attached hydrogens (tertiary/aromatic N) is 2. The van der Waals surface area contributed by atoms with E-state index in [4.69, 9.17) is 11.6 Å². The molecule has 9 heteroatoms. The van der Waals surface area contributed by atoms with E-state index in [9.17, 15) is 26.7 Å². The third kappa shape index (κ3) is 2.11. The molecule has 0 aliphatic carbocycles. The summed E-state index contributed by atoms with van der Waals surface area (Å²) in [5, 5.41) is -1.49. The van der Waals surface area contributed by atoms with Crippen LogP contribution in [-0.4, -0.2) is 21.4 Å². The minimum atomic E-state index is -5.86. The number of halogens is 6. The highest BCUT2D eigenvalue weighted by molar-refractivity contribution is 6.67. The summed E-state index contributed by atoms with van der Waals surface area (Å²) < 4.78 is 61.7. The fourth-order valence-corrected chi connectivity index (χ4v) is 0.996. The van der Waals surface area contributed by atoms with Gasteiger partial charge in [0.05, 0.1) is 5.56 Å². The monoisotopic (exact) mass is 260 g/mol. The first-order valence-electron chi connectivity index (χ1n) is 3.62. The predicted octanol–water partition coefficient (Wildman–Crippen LogP) is 2.51. The van der Waals surface area contributed by atoms with Crippen LogP contribution >= 0.6 is 11.6 Å². The van der Waals surface area contributed by atoms with E-state index in [2.05, 4.69) is 9.97 Å². The van der Waals surface area contributed by atoms with Crippen molar-refractivity contribution in [2.45, 2.75) is 12.1 Å². The maximum Gasteiger partial charge on any atom is 0.459 e. The molecule has 0 saturated heterocycles. The van der Waals surface area contributed by atoms with Crippen molar-refractivity contribution >= 4 is 16.8 Å². The van der Waals surface area contributed by atoms with Crippen LogP contribution in [0, 0.1) is 0 Å². The van der Waals surface area contributed by atoms with E-state index in [1.54, 1.807) is 0 Å². The molecule has 0 spiro atoms. The summed E-state index contributed by atoms with van der Waals surface area (Å²) in [6.45, 7) is 0. The Morgan fingerprint density at radius 3 is 2.25 bits per heavy atom. The first-order chi connectivity index (χ1) is 7.18. The van der Waals surface area contributed by atoms with E-state index < -0.39 is 28.6 Å². The highest BCUT2D eigenvalue weighted by Gasteiger charge is 2.61. The van der Waals surface area contributed by atoms with E-state index in [0.29, 0.717) is 12.5 Å². The lowest BCUT2D eigenvalue weighted by atomic mass is 10.1. The Balaban J connectivity index is 3.39. The minimum absolute atomic E-state index is 0.471. The van der Waals surface area contributed by atoms with Crippen molar-refractivity contribution in [1.29, 1.82) is 0 Å². The summed E-state index contributed by atoms with van der Waals surface area (Å²) in [7, 11) is 0. The van der Waals surface area contributed by atoms with Gasteiger partial charge in [0.25, 0.3) is 5.24 Å². The van der Waals surface area contributed by atoms with Gasteiger partial charge in [-0.15, -0.1) is 0 Å². The predicted molar refractivity (Wildman–Crippen MR) is 42.2 cm³/mol. The summed E-state index contributed by atoms with van der Waals surface area (Å²) in [5.41, 5.74) is -2.83. The highest BCUT2D eigenvalue weighted by Crippen LogP contribution is 2.44. The maximum absolute atomic E-state index is 12.9. The molecule has 0 aromatic carbocycles. The Labute approximate surface area is 90.3 Å². The second-order valence-electron chi connectivity index (χ2n) is 2.63. The van der Waals surface area contributed by atoms with Gasteiger partial charge in [-0.05, 0) is 11.6 Å². The summed E-state index contributed by atoms with van der Waals surface area (Å²) in [6, 6.07) is 0. The molecule has 0 amide bonds. The summed E-state index contributed by atoms with van der Waals surface area (Å²) in [5.74, 6) is -5.25. The van der Waals surface area contributed by atoms with E-state index in [1.165, 1.54) is 0 Å². The number of carbonyl (C=O) groups excluding carboxylic acids is 1. The van der Waals surface area contributed by atoms with Gasteiger partial charge in [-0.2, -0.15) is 22.0 Å². The Morgan fingerprint density at radius 2 is 1.81 bits per heavy atom. The average molecular weight is 261 g/mol. The Hall–Kier alpha value is -1.31. The average Bonchev–Trinajstić information content (AvgIpc) is 2.16. The number of rotatable bonds is 2. The molecule has 0 aliphatic rings. The third-order valence-electron chi connectivity index (χ3n) is 1.58. The van der Waals surface area contributed by atoms with Gasteiger partial charge in [-0.3, -0.25) is 4.79 Å². The lowest BCUT2D eigenvalue weighted by molar-refractivity contribution is -0.291. The van der Waals surface area contributed by atoms with Crippen LogP contribution in [0.25, 0.3) is 0 Å². The molecule has 0 aliphatic heterocycles. The molecule has 3 nitrogen and oxygen atoms in total. The first-order valence-corrected chi connectivity index (χ1v) is 4.00. The van der Waals surface area contributed by atoms with Crippen LogP contribution in [0.4, 0.5) is 22.0 Å². The van der Waals surface area contributed by atoms with Gasteiger partial charge >= 0.3 is 12.1 Å². The van der Waals surface area contributed by atoms with Crippen LogP contribution in [-0.2, 0) is 5.92 Å². The summed E-state index contributed by atoms with van der Waals surface area (Å²) in [4.78, 5) is 16.5. The molecule has 0 unspecified atom stereocenters. The van der Waals surface area contributed by atoms with Crippen molar-refractivity contribution in [3.05, 3.63) is 23.8 Å². The van der Waals surface area contributed by atoms with Crippen molar-refractivity contribution in [3.8, 4) is 0 Å². The number of alkyl halides is 5. The third-order valence-corrected chi connectivity index (χ3v) is 1.78. The molecule has 0 saturated carbocycles. The molecule has 88 valence electrons. The molecule has 1 heterocycles. The van der Waals surface area contributed by atoms with E-state index >= 15 is 0 Å². The van der Waals surface area contributed by atoms with Crippen molar-refractivity contribution in [3.63, 3.8) is 0 Å². The van der Waals surface area contributed by atoms with Gasteiger partial charge in [0.15, 0.2) is 0 Å². The largest absolute Gasteiger partial charge is 0.459 e. The molecule has 1 rings (SSSR count). The van der Waals surface area contributed by atoms with Crippen molar-refractivity contribution in [2.75, 3.05) is 0 Å². The van der Waals surface area contributed by atoms with Crippen LogP contribution in [0.1, 0.15) is 16.1 Å². The Morgan fingerprint density at radius 1 is 1.25 bits per heavy atom. The Bertz CT molecular complexity index is 419. The molecular formula is C7H2ClF5N2O. The maximum atomic E-state index is 12.9. The number of carbonyl (C=O) groups is 1. The number of hydrogen-bond acceptors (Lipinski definition) is 3. The van der Waals surface area contributed by atoms with Crippen molar-refractivity contribution in [1.82, 2.24) is 9.97 Å². The topological polar surface area (TPSA) is 42.9 Å². The van der Waals surface area contributed by atoms with Crippen molar-refractivity contribution < 1.29 is 26.7 Å². The van der Waals surface area contributed by atoms with Gasteiger partial charge in [-0.1, -0.05) is 0 Å². The normalized spacial score (nSPS) is 12.6. The van der Waals surface area contributed by atoms with E-state index in [-0.39, 0.29) is 0 Å².